The van der Waals surface area contributed by atoms with Gasteiger partial charge in [-0.1, -0.05) is 55.4 Å². The third kappa shape index (κ3) is 8.31. The third-order valence-corrected chi connectivity index (χ3v) is 20.9. The molecule has 0 aliphatic heterocycles. The summed E-state index contributed by atoms with van der Waals surface area (Å²) in [5.41, 5.74) is 2.07. The summed E-state index contributed by atoms with van der Waals surface area (Å²) in [6.07, 6.45) is 0. The van der Waals surface area contributed by atoms with Crippen LogP contribution in [0.3, 0.4) is 0 Å². The van der Waals surface area contributed by atoms with E-state index in [4.69, 9.17) is 17.7 Å². The van der Waals surface area contributed by atoms with Crippen molar-refractivity contribution < 1.29 is 17.7 Å². The van der Waals surface area contributed by atoms with Crippen molar-refractivity contribution in [1.29, 1.82) is 0 Å². The minimum absolute atomic E-state index is 0.528. The van der Waals surface area contributed by atoms with Crippen molar-refractivity contribution in [2.75, 3.05) is 41.5 Å². The van der Waals surface area contributed by atoms with E-state index in [0.717, 1.165) is 25.2 Å². The largest absolute Gasteiger partial charge is 0.398 e. The highest BCUT2D eigenvalue weighted by Crippen LogP contribution is 2.45. The molecule has 8 heteroatoms. The van der Waals surface area contributed by atoms with E-state index in [9.17, 15) is 0 Å². The maximum Gasteiger partial charge on any atom is 0.334 e. The molecule has 0 amide bonds. The molecule has 31 heavy (non-hydrogen) atoms. The molecule has 188 valence electrons. The maximum atomic E-state index is 5.83. The van der Waals surface area contributed by atoms with Crippen LogP contribution in [0.25, 0.3) is 0 Å². The summed E-state index contributed by atoms with van der Waals surface area (Å²) in [7, 11) is 1.24. The molecule has 2 unspecified atom stereocenters. The van der Waals surface area contributed by atoms with Crippen LogP contribution in [0, 0.1) is 11.8 Å². The Hall–Kier alpha value is 0.451. The molecule has 0 radical (unpaired) electrons. The Morgan fingerprint density at radius 2 is 0.806 bits per heavy atom. The van der Waals surface area contributed by atoms with Crippen molar-refractivity contribution in [3.8, 4) is 0 Å². The Morgan fingerprint density at radius 1 is 0.548 bits per heavy atom. The average molecular weight is 494 g/mol. The van der Waals surface area contributed by atoms with E-state index in [0.29, 0.717) is 28.5 Å². The molecule has 0 aromatic carbocycles. The van der Waals surface area contributed by atoms with Gasteiger partial charge in [0.1, 0.15) is 8.24 Å². The van der Waals surface area contributed by atoms with Crippen molar-refractivity contribution in [2.45, 2.75) is 97.2 Å². The first-order valence-corrected chi connectivity index (χ1v) is 19.4. The molecule has 0 aliphatic carbocycles. The highest BCUT2D eigenvalue weighted by Gasteiger charge is 2.49. The van der Waals surface area contributed by atoms with Crippen molar-refractivity contribution in [1.82, 2.24) is 4.57 Å². The molecule has 0 rings (SSSR count). The van der Waals surface area contributed by atoms with Crippen LogP contribution in [0.2, 0.25) is 41.8 Å². The van der Waals surface area contributed by atoms with Crippen molar-refractivity contribution in [3.63, 3.8) is 0 Å². The molecule has 5 nitrogen and oxygen atoms in total. The van der Waals surface area contributed by atoms with Gasteiger partial charge in [-0.05, 0) is 66.7 Å². The van der Waals surface area contributed by atoms with Gasteiger partial charge in [0.05, 0.1) is 0 Å². The van der Waals surface area contributed by atoms with Crippen LogP contribution >= 0.6 is 0 Å². The summed E-state index contributed by atoms with van der Waals surface area (Å²) >= 11 is 0. The highest BCUT2D eigenvalue weighted by molar-refractivity contribution is 6.81. The number of rotatable bonds is 16. The molecule has 0 N–H and O–H groups in total. The van der Waals surface area contributed by atoms with Gasteiger partial charge in [0.25, 0.3) is 0 Å². The lowest BCUT2D eigenvalue weighted by molar-refractivity contribution is 0.227. The second-order valence-corrected chi connectivity index (χ2v) is 23.8. The summed E-state index contributed by atoms with van der Waals surface area (Å²) in [5, 5.41) is 0. The molecular weight excluding hydrogens is 439 g/mol. The lowest BCUT2D eigenvalue weighted by atomic mass is 10.2. The zero-order valence-corrected chi connectivity index (χ0v) is 26.3. The zero-order chi connectivity index (χ0) is 24.6. The highest BCUT2D eigenvalue weighted by atomic mass is 28.4. The van der Waals surface area contributed by atoms with Crippen LogP contribution in [-0.4, -0.2) is 71.5 Å². The van der Waals surface area contributed by atoms with Crippen LogP contribution in [0.5, 0.6) is 0 Å². The van der Waals surface area contributed by atoms with Crippen molar-refractivity contribution in [3.05, 3.63) is 0 Å². The van der Waals surface area contributed by atoms with Gasteiger partial charge in [-0.3, -0.25) is 0 Å². The SMILES string of the molecule is CO[Si](C)(CC(C)CN(CC(C)C[Si](C)(OC)OC)[Si](C(C)C)(C(C)C)C(C)C)OC. The van der Waals surface area contributed by atoms with Gasteiger partial charge in [0, 0.05) is 28.4 Å². The van der Waals surface area contributed by atoms with E-state index < -0.39 is 25.4 Å². The van der Waals surface area contributed by atoms with Gasteiger partial charge in [-0.2, -0.15) is 0 Å². The smallest absolute Gasteiger partial charge is 0.334 e. The molecule has 0 fully saturated rings. The number of hydrogen-bond acceptors (Lipinski definition) is 5. The number of hydrogen-bond donors (Lipinski definition) is 0. The molecule has 0 saturated carbocycles. The lowest BCUT2D eigenvalue weighted by Crippen LogP contribution is -2.62. The second kappa shape index (κ2) is 13.4. The normalized spacial score (nSPS) is 16.1. The molecule has 0 aliphatic rings. The standard InChI is InChI=1S/C23H55NO4Si3/c1-19(2)31(20(3)4,21(5)6)24(15-22(7)17-29(13,25-9)26-10)16-23(8)18-30(14,27-11)28-12/h19-23H,15-18H2,1-14H3. The van der Waals surface area contributed by atoms with Crippen molar-refractivity contribution >= 4 is 25.4 Å². The van der Waals surface area contributed by atoms with E-state index in [1.165, 1.54) is 0 Å². The van der Waals surface area contributed by atoms with Crippen molar-refractivity contribution in [2.24, 2.45) is 11.8 Å². The quantitative estimate of drug-likeness (QED) is 0.231. The predicted octanol–water partition coefficient (Wildman–Crippen LogP) is 6.47. The fraction of sp³-hybridized carbons (Fsp3) is 1.00. The molecule has 0 heterocycles. The average Bonchev–Trinajstić information content (AvgIpc) is 2.66. The third-order valence-electron chi connectivity index (χ3n) is 7.55. The Labute approximate surface area is 198 Å². The predicted molar refractivity (Wildman–Crippen MR) is 142 cm³/mol. The molecule has 2 atom stereocenters. The Kier molecular flexibility index (Phi) is 13.6. The van der Waals surface area contributed by atoms with Gasteiger partial charge in [0.15, 0.2) is 0 Å². The summed E-state index contributed by atoms with van der Waals surface area (Å²) in [4.78, 5) is 0. The first-order valence-electron chi connectivity index (χ1n) is 12.1. The molecular formula is C23H55NO4Si3. The Bertz CT molecular complexity index is 447. The van der Waals surface area contributed by atoms with Crippen LogP contribution in [0.15, 0.2) is 0 Å². The van der Waals surface area contributed by atoms with Gasteiger partial charge in [-0.15, -0.1) is 0 Å². The first kappa shape index (κ1) is 31.5. The zero-order valence-electron chi connectivity index (χ0n) is 23.3. The monoisotopic (exact) mass is 493 g/mol. The van der Waals surface area contributed by atoms with Gasteiger partial charge >= 0.3 is 17.1 Å². The molecule has 0 bridgehead atoms. The Morgan fingerprint density at radius 3 is 1.00 bits per heavy atom. The first-order chi connectivity index (χ1) is 14.2. The molecule has 0 spiro atoms. The fourth-order valence-electron chi connectivity index (χ4n) is 6.13. The summed E-state index contributed by atoms with van der Waals surface area (Å²) in [6, 6.07) is 2.04. The second-order valence-electron chi connectivity index (χ2n) is 11.0. The van der Waals surface area contributed by atoms with Gasteiger partial charge in [0.2, 0.25) is 0 Å². The van der Waals surface area contributed by atoms with Crippen LogP contribution < -0.4 is 0 Å². The minimum atomic E-state index is -2.10. The molecule has 0 aromatic heterocycles. The molecule has 0 aromatic rings. The number of nitrogens with zero attached hydrogens (tertiary/aromatic N) is 1. The van der Waals surface area contributed by atoms with Gasteiger partial charge < -0.3 is 22.3 Å². The summed E-state index contributed by atoms with van der Waals surface area (Å²) in [6.45, 7) is 26.1. The summed E-state index contributed by atoms with van der Waals surface area (Å²) < 4.78 is 26.2. The lowest BCUT2D eigenvalue weighted by Gasteiger charge is -2.53. The van der Waals surface area contributed by atoms with Crippen LogP contribution in [0.1, 0.15) is 55.4 Å². The maximum absolute atomic E-state index is 5.83. The van der Waals surface area contributed by atoms with E-state index in [2.05, 4.69) is 73.0 Å². The fourth-order valence-corrected chi connectivity index (χ4v) is 17.4. The van der Waals surface area contributed by atoms with E-state index in [1.54, 1.807) is 28.4 Å². The topological polar surface area (TPSA) is 40.2 Å². The Balaban J connectivity index is 6.01. The summed E-state index contributed by atoms with van der Waals surface area (Å²) in [5.74, 6) is 1.06. The van der Waals surface area contributed by atoms with Gasteiger partial charge in [-0.25, -0.2) is 0 Å². The minimum Gasteiger partial charge on any atom is -0.398 e. The van der Waals surface area contributed by atoms with E-state index >= 15 is 0 Å². The molecule has 0 saturated heterocycles. The van der Waals surface area contributed by atoms with Crippen LogP contribution in [-0.2, 0) is 17.7 Å². The van der Waals surface area contributed by atoms with E-state index in [-0.39, 0.29) is 0 Å². The van der Waals surface area contributed by atoms with E-state index in [1.807, 2.05) is 0 Å². The van der Waals surface area contributed by atoms with Crippen LogP contribution in [0.4, 0.5) is 0 Å².